The number of carbonyl (C=O) groups excluding carboxylic acids is 1. The third kappa shape index (κ3) is 3.67. The summed E-state index contributed by atoms with van der Waals surface area (Å²) in [6, 6.07) is 2.41. The summed E-state index contributed by atoms with van der Waals surface area (Å²) in [4.78, 5) is 25.3. The van der Waals surface area contributed by atoms with Crippen LogP contribution in [0.5, 0.6) is 0 Å². The van der Waals surface area contributed by atoms with Crippen molar-refractivity contribution in [3.05, 3.63) is 24.2 Å². The first-order chi connectivity index (χ1) is 10.9. The Morgan fingerprint density at radius 1 is 1.39 bits per heavy atom. The summed E-state index contributed by atoms with van der Waals surface area (Å²) in [5, 5.41) is 9.41. The zero-order chi connectivity index (χ0) is 17.0. The lowest BCUT2D eigenvalue weighted by Crippen LogP contribution is -2.45. The molecule has 1 saturated heterocycles. The second-order valence-electron chi connectivity index (χ2n) is 5.98. The lowest BCUT2D eigenvalue weighted by molar-refractivity contribution is -0.155. The van der Waals surface area contributed by atoms with Gasteiger partial charge in [-0.2, -0.15) is 0 Å². The molecule has 2 rings (SSSR count). The van der Waals surface area contributed by atoms with Crippen LogP contribution in [0.15, 0.2) is 22.8 Å². The molecule has 2 heterocycles. The van der Waals surface area contributed by atoms with E-state index in [-0.39, 0.29) is 0 Å². The molecular weight excluding hydrogens is 302 g/mol. The first-order valence-corrected chi connectivity index (χ1v) is 7.78. The van der Waals surface area contributed by atoms with E-state index >= 15 is 0 Å². The van der Waals surface area contributed by atoms with E-state index in [1.807, 2.05) is 0 Å². The predicted octanol–water partition coefficient (Wildman–Crippen LogP) is 3.17. The van der Waals surface area contributed by atoms with Crippen LogP contribution in [0.1, 0.15) is 51.8 Å². The van der Waals surface area contributed by atoms with Crippen molar-refractivity contribution in [1.29, 1.82) is 0 Å². The number of nitrogens with zero attached hydrogens (tertiary/aromatic N) is 1. The fourth-order valence-corrected chi connectivity index (χ4v) is 2.74. The van der Waals surface area contributed by atoms with Crippen LogP contribution in [0.2, 0.25) is 0 Å². The second kappa shape index (κ2) is 7.04. The van der Waals surface area contributed by atoms with Crippen LogP contribution in [0.3, 0.4) is 0 Å². The summed E-state index contributed by atoms with van der Waals surface area (Å²) >= 11 is 0. The van der Waals surface area contributed by atoms with E-state index in [0.717, 1.165) is 19.3 Å². The molecule has 2 unspecified atom stereocenters. The third-order valence-electron chi connectivity index (χ3n) is 3.81. The lowest BCUT2D eigenvalue weighted by atomic mass is 10.1. The van der Waals surface area contributed by atoms with Gasteiger partial charge in [-0.25, -0.2) is 9.59 Å². The van der Waals surface area contributed by atoms with Crippen molar-refractivity contribution >= 4 is 12.1 Å². The number of ether oxygens (including phenoxy) is 2. The topological polar surface area (TPSA) is 89.2 Å². The van der Waals surface area contributed by atoms with Crippen LogP contribution in [0.4, 0.5) is 4.79 Å². The van der Waals surface area contributed by atoms with Gasteiger partial charge < -0.3 is 19.0 Å². The number of rotatable bonds is 6. The molecule has 7 heteroatoms. The van der Waals surface area contributed by atoms with Crippen molar-refractivity contribution in [2.45, 2.75) is 57.9 Å². The normalized spacial score (nSPS) is 23.0. The molecule has 7 nitrogen and oxygen atoms in total. The fraction of sp³-hybridized carbons (Fsp3) is 0.625. The Bertz CT molecular complexity index is 539. The third-order valence-corrected chi connectivity index (χ3v) is 3.81. The van der Waals surface area contributed by atoms with Crippen LogP contribution >= 0.6 is 0 Å². The average Bonchev–Trinajstić information content (AvgIpc) is 3.08. The molecule has 23 heavy (non-hydrogen) atoms. The van der Waals surface area contributed by atoms with Gasteiger partial charge in [0.2, 0.25) is 0 Å². The van der Waals surface area contributed by atoms with E-state index in [4.69, 9.17) is 13.9 Å². The predicted molar refractivity (Wildman–Crippen MR) is 80.7 cm³/mol. The molecular formula is C16H23NO6. The summed E-state index contributed by atoms with van der Waals surface area (Å²) in [6.07, 6.45) is 2.38. The highest BCUT2D eigenvalue weighted by Crippen LogP contribution is 2.42. The maximum Gasteiger partial charge on any atom is 0.412 e. The minimum Gasteiger partial charge on any atom is -0.479 e. The van der Waals surface area contributed by atoms with Crippen molar-refractivity contribution in [3.63, 3.8) is 0 Å². The second-order valence-corrected chi connectivity index (χ2v) is 5.98. The van der Waals surface area contributed by atoms with Gasteiger partial charge in [-0.05, 0) is 32.4 Å². The number of amides is 1. The zero-order valence-corrected chi connectivity index (χ0v) is 13.7. The summed E-state index contributed by atoms with van der Waals surface area (Å²) in [7, 11) is 0. The van der Waals surface area contributed by atoms with Crippen LogP contribution in [-0.2, 0) is 14.3 Å². The highest BCUT2D eigenvalue weighted by Gasteiger charge is 2.55. The number of hydrogen-bond acceptors (Lipinski definition) is 5. The molecule has 1 N–H and O–H groups in total. The Hall–Kier alpha value is -2.02. The van der Waals surface area contributed by atoms with Gasteiger partial charge in [0.25, 0.3) is 0 Å². The lowest BCUT2D eigenvalue weighted by Gasteiger charge is -2.31. The number of aliphatic carboxylic acids is 1. The molecule has 0 aromatic carbocycles. The molecule has 2 atom stereocenters. The van der Waals surface area contributed by atoms with Gasteiger partial charge in [0, 0.05) is 0 Å². The molecule has 0 radical (unpaired) electrons. The van der Waals surface area contributed by atoms with Gasteiger partial charge in [-0.15, -0.1) is 0 Å². The summed E-state index contributed by atoms with van der Waals surface area (Å²) in [5.74, 6) is -0.797. The summed E-state index contributed by atoms with van der Waals surface area (Å²) < 4.78 is 16.2. The smallest absolute Gasteiger partial charge is 0.412 e. The van der Waals surface area contributed by atoms with E-state index < -0.39 is 29.9 Å². The quantitative estimate of drug-likeness (QED) is 0.808. The van der Waals surface area contributed by atoms with Crippen molar-refractivity contribution < 1.29 is 28.6 Å². The molecule has 0 aliphatic carbocycles. The SMILES string of the molecule is CCCCCOC(=O)N1C(c2ccco2)C(C(=O)O)OC1(C)C. The molecule has 1 aromatic heterocycles. The first kappa shape index (κ1) is 17.3. The largest absolute Gasteiger partial charge is 0.479 e. The Balaban J connectivity index is 2.22. The number of unbranched alkanes of at least 4 members (excludes halogenated alkanes) is 2. The Morgan fingerprint density at radius 3 is 2.70 bits per heavy atom. The number of carbonyl (C=O) groups is 2. The van der Waals surface area contributed by atoms with Gasteiger partial charge in [-0.1, -0.05) is 19.8 Å². The van der Waals surface area contributed by atoms with E-state index in [1.165, 1.54) is 11.2 Å². The Morgan fingerprint density at radius 2 is 2.13 bits per heavy atom. The molecule has 1 fully saturated rings. The molecule has 0 spiro atoms. The molecule has 0 saturated carbocycles. The first-order valence-electron chi connectivity index (χ1n) is 7.78. The van der Waals surface area contributed by atoms with Crippen molar-refractivity contribution in [2.24, 2.45) is 0 Å². The van der Waals surface area contributed by atoms with Gasteiger partial charge in [0.15, 0.2) is 6.10 Å². The standard InChI is InChI=1S/C16H23NO6/c1-4-5-6-9-22-15(20)17-12(11-8-7-10-21-11)13(14(18)19)23-16(17,2)3/h7-8,10,12-13H,4-6,9H2,1-3H3,(H,18,19). The number of hydrogen-bond donors (Lipinski definition) is 1. The zero-order valence-electron chi connectivity index (χ0n) is 13.7. The molecule has 1 aliphatic rings. The van der Waals surface area contributed by atoms with Crippen LogP contribution in [0, 0.1) is 0 Å². The minimum atomic E-state index is -1.21. The molecule has 0 bridgehead atoms. The number of carboxylic acid groups (broad SMARTS) is 1. The van der Waals surface area contributed by atoms with Crippen molar-refractivity contribution in [2.75, 3.05) is 6.61 Å². The highest BCUT2D eigenvalue weighted by molar-refractivity contribution is 5.77. The molecule has 1 amide bonds. The van der Waals surface area contributed by atoms with Gasteiger partial charge >= 0.3 is 12.1 Å². The maximum absolute atomic E-state index is 12.5. The molecule has 128 valence electrons. The van der Waals surface area contributed by atoms with Crippen LogP contribution in [-0.4, -0.2) is 40.5 Å². The van der Waals surface area contributed by atoms with E-state index in [2.05, 4.69) is 6.92 Å². The molecule has 1 aliphatic heterocycles. The maximum atomic E-state index is 12.5. The van der Waals surface area contributed by atoms with Crippen LogP contribution < -0.4 is 0 Å². The Kier molecular flexibility index (Phi) is 5.30. The minimum absolute atomic E-state index is 0.294. The fourth-order valence-electron chi connectivity index (χ4n) is 2.74. The van der Waals surface area contributed by atoms with E-state index in [0.29, 0.717) is 12.4 Å². The van der Waals surface area contributed by atoms with E-state index in [9.17, 15) is 14.7 Å². The van der Waals surface area contributed by atoms with Crippen LogP contribution in [0.25, 0.3) is 0 Å². The van der Waals surface area contributed by atoms with E-state index in [1.54, 1.807) is 26.0 Å². The molecule has 1 aromatic rings. The van der Waals surface area contributed by atoms with Gasteiger partial charge in [0.05, 0.1) is 12.9 Å². The number of furan rings is 1. The number of carboxylic acids is 1. The van der Waals surface area contributed by atoms with Gasteiger partial charge in [0.1, 0.15) is 17.5 Å². The van der Waals surface area contributed by atoms with Crippen molar-refractivity contribution in [1.82, 2.24) is 4.90 Å². The highest BCUT2D eigenvalue weighted by atomic mass is 16.6. The summed E-state index contributed by atoms with van der Waals surface area (Å²) in [5.41, 5.74) is -1.11. The monoisotopic (exact) mass is 325 g/mol. The average molecular weight is 325 g/mol. The van der Waals surface area contributed by atoms with Gasteiger partial charge in [-0.3, -0.25) is 4.90 Å². The van der Waals surface area contributed by atoms with Crippen molar-refractivity contribution in [3.8, 4) is 0 Å². The summed E-state index contributed by atoms with van der Waals surface area (Å²) in [6.45, 7) is 5.63. The Labute approximate surface area is 135 Å².